The number of aryl methyl sites for hydroxylation is 3. The van der Waals surface area contributed by atoms with Crippen LogP contribution in [0.4, 0.5) is 11.4 Å². The number of nitrogens with one attached hydrogen (secondary N) is 1. The zero-order chi connectivity index (χ0) is 43.2. The zero-order valence-electron chi connectivity index (χ0n) is 36.7. The van der Waals surface area contributed by atoms with Crippen LogP contribution in [0.5, 0.6) is 0 Å². The minimum Gasteiger partial charge on any atom is -0.399 e. The fourth-order valence-corrected chi connectivity index (χ4v) is 11.7. The molecule has 7 heteroatoms. The van der Waals surface area contributed by atoms with Gasteiger partial charge in [-0.25, -0.2) is 8.42 Å². The molecule has 6 nitrogen and oxygen atoms in total. The van der Waals surface area contributed by atoms with E-state index in [0.29, 0.717) is 22.9 Å². The highest BCUT2D eigenvalue weighted by atomic mass is 32.2. The van der Waals surface area contributed by atoms with Crippen molar-refractivity contribution in [3.05, 3.63) is 198 Å². The molecular formula is C55H64N4O2S. The number of piperidine rings is 2. The molecule has 4 unspecified atom stereocenters. The van der Waals surface area contributed by atoms with Crippen LogP contribution in [0, 0.1) is 30.6 Å². The Bertz CT molecular complexity index is 2440. The molecule has 4 aliphatic rings. The lowest BCUT2D eigenvalue weighted by molar-refractivity contribution is 0.274. The third-order valence-corrected chi connectivity index (χ3v) is 15.9. The van der Waals surface area contributed by atoms with Crippen LogP contribution < -0.4 is 10.5 Å². The summed E-state index contributed by atoms with van der Waals surface area (Å²) in [5.41, 5.74) is 14.9. The number of likely N-dealkylation sites (tertiary alicyclic amines) is 2. The number of nitrogens with two attached hydrogens (primary N) is 1. The summed E-state index contributed by atoms with van der Waals surface area (Å²) in [7, 11) is -3.57. The van der Waals surface area contributed by atoms with Gasteiger partial charge in [0.15, 0.2) is 0 Å². The van der Waals surface area contributed by atoms with Crippen LogP contribution in [0.2, 0.25) is 0 Å². The average molecular weight is 845 g/mol. The van der Waals surface area contributed by atoms with Crippen molar-refractivity contribution in [3.8, 4) is 0 Å². The summed E-state index contributed by atoms with van der Waals surface area (Å²) in [6.07, 6.45) is 4.78. The van der Waals surface area contributed by atoms with Crippen LogP contribution in [-0.2, 0) is 33.7 Å². The quantitative estimate of drug-likeness (QED) is 0.113. The first-order valence-corrected chi connectivity index (χ1v) is 24.1. The van der Waals surface area contributed by atoms with Crippen molar-refractivity contribution in [1.29, 1.82) is 0 Å². The molecular weight excluding hydrogens is 781 g/mol. The second-order valence-electron chi connectivity index (χ2n) is 18.5. The van der Waals surface area contributed by atoms with Crippen LogP contribution in [0.3, 0.4) is 0 Å². The Kier molecular flexibility index (Phi) is 13.3. The third-order valence-electron chi connectivity index (χ3n) is 14.5. The Morgan fingerprint density at radius 3 is 1.40 bits per heavy atom. The summed E-state index contributed by atoms with van der Waals surface area (Å²) >= 11 is 0. The minimum absolute atomic E-state index is 0.143. The van der Waals surface area contributed by atoms with Gasteiger partial charge in [-0.15, -0.1) is 0 Å². The van der Waals surface area contributed by atoms with E-state index in [4.69, 9.17) is 5.73 Å². The SMILES string of the molecule is CC1(c2cccc(N)c2)C2CN(CCCc3ccccc3)CC21.CC1(c2cccc(NS(=O)(=O)c3ccccc3)c2)C2CN(CCCc3ccccc3)CC21.Cc1ccccc1. The minimum atomic E-state index is -3.57. The van der Waals surface area contributed by atoms with E-state index in [1.165, 1.54) is 66.7 Å². The first-order chi connectivity index (χ1) is 30.0. The predicted molar refractivity (Wildman–Crippen MR) is 257 cm³/mol. The van der Waals surface area contributed by atoms with Crippen molar-refractivity contribution in [2.75, 3.05) is 49.7 Å². The van der Waals surface area contributed by atoms with Crippen LogP contribution in [0.1, 0.15) is 54.5 Å². The number of fused-ring (bicyclic) bond motifs is 2. The highest BCUT2D eigenvalue weighted by molar-refractivity contribution is 7.92. The molecule has 2 saturated carbocycles. The summed E-state index contributed by atoms with van der Waals surface area (Å²) in [5.74, 6) is 2.95. The van der Waals surface area contributed by atoms with E-state index in [0.717, 1.165) is 43.6 Å². The van der Waals surface area contributed by atoms with Crippen molar-refractivity contribution in [2.45, 2.75) is 62.2 Å². The second kappa shape index (κ2) is 19.0. The van der Waals surface area contributed by atoms with E-state index in [-0.39, 0.29) is 10.3 Å². The van der Waals surface area contributed by atoms with Gasteiger partial charge in [0.25, 0.3) is 10.0 Å². The molecule has 2 saturated heterocycles. The molecule has 0 aromatic heterocycles. The standard InChI is InChI=1S/C27H30N2O2S.C21H26N2.C7H8/c1-27(25-19-29(20-26(25)27)17-9-12-21-10-4-2-5-11-21)22-13-8-14-23(18-22)28-32(30,31)24-15-6-3-7-16-24;1-21(17-10-5-11-18(22)13-17)19-14-23(15-20(19)21)12-6-9-16-7-3-2-4-8-16;1-7-5-3-2-4-6-7/h2-8,10-11,13-16,18,25-26,28H,9,12,17,19-20H2,1H3;2-5,7-8,10-11,13,19-20H,6,9,12,14-15,22H2,1H3;2-6H,1H3. The molecule has 2 heterocycles. The third kappa shape index (κ3) is 10.0. The second-order valence-corrected chi connectivity index (χ2v) is 20.2. The van der Waals surface area contributed by atoms with Crippen molar-refractivity contribution < 1.29 is 8.42 Å². The monoisotopic (exact) mass is 844 g/mol. The number of sulfonamides is 1. The number of rotatable bonds is 13. The number of hydrogen-bond donors (Lipinski definition) is 2. The number of hydrogen-bond acceptors (Lipinski definition) is 5. The van der Waals surface area contributed by atoms with Crippen molar-refractivity contribution in [2.24, 2.45) is 23.7 Å². The van der Waals surface area contributed by atoms with Gasteiger partial charge in [-0.2, -0.15) is 0 Å². The van der Waals surface area contributed by atoms with Crippen LogP contribution in [0.25, 0.3) is 0 Å². The topological polar surface area (TPSA) is 78.7 Å². The lowest BCUT2D eigenvalue weighted by atomic mass is 9.92. The molecule has 62 heavy (non-hydrogen) atoms. The van der Waals surface area contributed by atoms with E-state index in [1.807, 2.05) is 48.5 Å². The Morgan fingerprint density at radius 1 is 0.548 bits per heavy atom. The first-order valence-electron chi connectivity index (χ1n) is 22.6. The van der Waals surface area contributed by atoms with Gasteiger partial charge in [-0.1, -0.05) is 153 Å². The van der Waals surface area contributed by atoms with E-state index < -0.39 is 10.0 Å². The van der Waals surface area contributed by atoms with Crippen molar-refractivity contribution in [1.82, 2.24) is 9.80 Å². The predicted octanol–water partition coefficient (Wildman–Crippen LogP) is 10.7. The molecule has 0 bridgehead atoms. The lowest BCUT2D eigenvalue weighted by Crippen LogP contribution is -2.30. The molecule has 2 aliphatic carbocycles. The normalized spacial score (nSPS) is 24.7. The molecule has 6 aromatic rings. The maximum absolute atomic E-state index is 12.7. The van der Waals surface area contributed by atoms with Crippen molar-refractivity contribution >= 4 is 21.4 Å². The number of nitrogen functional groups attached to an aromatic ring is 1. The van der Waals surface area contributed by atoms with E-state index in [9.17, 15) is 8.42 Å². The van der Waals surface area contributed by atoms with Gasteiger partial charge >= 0.3 is 0 Å². The van der Waals surface area contributed by atoms with Gasteiger partial charge in [0.05, 0.1) is 4.90 Å². The molecule has 3 N–H and O–H groups in total. The zero-order valence-corrected chi connectivity index (χ0v) is 37.6. The number of anilines is 2. The summed E-state index contributed by atoms with van der Waals surface area (Å²) in [6.45, 7) is 14.0. The maximum atomic E-state index is 12.7. The maximum Gasteiger partial charge on any atom is 0.261 e. The summed E-state index contributed by atoms with van der Waals surface area (Å²) in [6, 6.07) is 56.8. The van der Waals surface area contributed by atoms with E-state index in [2.05, 4.69) is 132 Å². The van der Waals surface area contributed by atoms with E-state index in [1.54, 1.807) is 24.3 Å². The van der Waals surface area contributed by atoms with Gasteiger partial charge in [-0.05, 0) is 128 Å². The highest BCUT2D eigenvalue weighted by Gasteiger charge is 2.66. The van der Waals surface area contributed by atoms with Gasteiger partial charge in [-0.3, -0.25) is 4.72 Å². The van der Waals surface area contributed by atoms with Gasteiger partial charge in [0.1, 0.15) is 0 Å². The smallest absolute Gasteiger partial charge is 0.261 e. The average Bonchev–Trinajstić information content (AvgIpc) is 3.75. The van der Waals surface area contributed by atoms with Crippen LogP contribution in [-0.4, -0.2) is 57.5 Å². The van der Waals surface area contributed by atoms with Crippen LogP contribution >= 0.6 is 0 Å². The number of nitrogens with zero attached hydrogens (tertiary/aromatic N) is 2. The highest BCUT2D eigenvalue weighted by Crippen LogP contribution is 2.64. The summed E-state index contributed by atoms with van der Waals surface area (Å²) < 4.78 is 28.2. The molecule has 6 aromatic carbocycles. The summed E-state index contributed by atoms with van der Waals surface area (Å²) in [5, 5.41) is 0. The van der Waals surface area contributed by atoms with Gasteiger partial charge < -0.3 is 15.5 Å². The van der Waals surface area contributed by atoms with Crippen LogP contribution in [0.15, 0.2) is 175 Å². The molecule has 4 fully saturated rings. The molecule has 10 rings (SSSR count). The Labute approximate surface area is 371 Å². The molecule has 322 valence electrons. The Hall–Kier alpha value is -5.21. The van der Waals surface area contributed by atoms with E-state index >= 15 is 0 Å². The molecule has 0 amide bonds. The summed E-state index contributed by atoms with van der Waals surface area (Å²) in [4.78, 5) is 5.54. The molecule has 0 spiro atoms. The molecule has 0 radical (unpaired) electrons. The fourth-order valence-electron chi connectivity index (χ4n) is 10.6. The Morgan fingerprint density at radius 2 is 0.968 bits per heavy atom. The van der Waals surface area contributed by atoms with Gasteiger partial charge in [0.2, 0.25) is 0 Å². The fraction of sp³-hybridized carbons (Fsp3) is 0.345. The number of benzene rings is 6. The lowest BCUT2D eigenvalue weighted by Gasteiger charge is -2.25. The first kappa shape index (κ1) is 43.4. The molecule has 4 atom stereocenters. The molecule has 2 aliphatic heterocycles. The Balaban J connectivity index is 0.000000153. The largest absolute Gasteiger partial charge is 0.399 e. The van der Waals surface area contributed by atoms with Crippen molar-refractivity contribution in [3.63, 3.8) is 0 Å². The van der Waals surface area contributed by atoms with Gasteiger partial charge in [0, 0.05) is 48.4 Å².